The Hall–Kier alpha value is -0.300. The molecule has 0 aromatic carbocycles. The lowest BCUT2D eigenvalue weighted by molar-refractivity contribution is -0.0670. The summed E-state index contributed by atoms with van der Waals surface area (Å²) in [6, 6.07) is 0. The summed E-state index contributed by atoms with van der Waals surface area (Å²) < 4.78 is 0. The highest BCUT2D eigenvalue weighted by molar-refractivity contribution is 5.15. The summed E-state index contributed by atoms with van der Waals surface area (Å²) in [6.45, 7) is 4.41. The van der Waals surface area contributed by atoms with E-state index in [1.807, 2.05) is 0 Å². The third-order valence-electron chi connectivity index (χ3n) is 3.83. The van der Waals surface area contributed by atoms with Gasteiger partial charge in [0.1, 0.15) is 0 Å². The molecule has 0 saturated heterocycles. The molecule has 13 heavy (non-hydrogen) atoms. The van der Waals surface area contributed by atoms with Gasteiger partial charge in [-0.25, -0.2) is 0 Å². The number of allylic oxidation sites excluding steroid dienone is 1. The van der Waals surface area contributed by atoms with Crippen molar-refractivity contribution in [1.29, 1.82) is 0 Å². The van der Waals surface area contributed by atoms with E-state index >= 15 is 0 Å². The van der Waals surface area contributed by atoms with Crippen molar-refractivity contribution in [1.82, 2.24) is 0 Å². The van der Waals surface area contributed by atoms with Gasteiger partial charge in [0.2, 0.25) is 0 Å². The zero-order chi connectivity index (χ0) is 9.47. The third kappa shape index (κ3) is 1.54. The molecule has 1 heteroatoms. The van der Waals surface area contributed by atoms with Crippen LogP contribution in [0.2, 0.25) is 0 Å². The van der Waals surface area contributed by atoms with Crippen LogP contribution in [0.5, 0.6) is 0 Å². The highest BCUT2D eigenvalue weighted by Crippen LogP contribution is 2.45. The van der Waals surface area contributed by atoms with Gasteiger partial charge < -0.3 is 5.11 Å². The van der Waals surface area contributed by atoms with Gasteiger partial charge >= 0.3 is 0 Å². The summed E-state index contributed by atoms with van der Waals surface area (Å²) in [7, 11) is 0. The Morgan fingerprint density at radius 1 is 1.46 bits per heavy atom. The quantitative estimate of drug-likeness (QED) is 0.568. The molecule has 1 unspecified atom stereocenters. The Labute approximate surface area is 80.8 Å². The second-order valence-corrected chi connectivity index (χ2v) is 5.00. The van der Waals surface area contributed by atoms with Crippen molar-refractivity contribution in [2.75, 3.05) is 0 Å². The fraction of sp³-hybridized carbons (Fsp3) is 0.833. The van der Waals surface area contributed by atoms with Gasteiger partial charge in [0.15, 0.2) is 0 Å². The molecule has 0 bridgehead atoms. The Kier molecular flexibility index (Phi) is 2.23. The molecule has 0 heterocycles. The Morgan fingerprint density at radius 2 is 2.23 bits per heavy atom. The second-order valence-electron chi connectivity index (χ2n) is 5.00. The maximum absolute atomic E-state index is 10.5. The maximum Gasteiger partial charge on any atom is 0.0718 e. The fourth-order valence-corrected chi connectivity index (χ4v) is 3.33. The molecule has 0 amide bonds. The third-order valence-corrected chi connectivity index (χ3v) is 3.83. The highest BCUT2D eigenvalue weighted by Gasteiger charge is 2.43. The molecule has 1 N–H and O–H groups in total. The molecule has 1 saturated carbocycles. The van der Waals surface area contributed by atoms with Gasteiger partial charge in [-0.05, 0) is 38.0 Å². The molecule has 0 spiro atoms. The minimum absolute atomic E-state index is 0.351. The van der Waals surface area contributed by atoms with Gasteiger partial charge in [-0.1, -0.05) is 31.4 Å². The van der Waals surface area contributed by atoms with E-state index in [9.17, 15) is 5.11 Å². The maximum atomic E-state index is 10.5. The van der Waals surface area contributed by atoms with E-state index in [-0.39, 0.29) is 5.60 Å². The molecule has 74 valence electrons. The summed E-state index contributed by atoms with van der Waals surface area (Å²) in [5.74, 6) is 1.11. The van der Waals surface area contributed by atoms with Crippen LogP contribution in [0.1, 0.15) is 46.0 Å². The Bertz CT molecular complexity index is 231. The van der Waals surface area contributed by atoms with Gasteiger partial charge in [-0.3, -0.25) is 0 Å². The summed E-state index contributed by atoms with van der Waals surface area (Å²) >= 11 is 0. The summed E-state index contributed by atoms with van der Waals surface area (Å²) in [5, 5.41) is 10.5. The van der Waals surface area contributed by atoms with Crippen molar-refractivity contribution >= 4 is 0 Å². The van der Waals surface area contributed by atoms with Crippen LogP contribution in [0, 0.1) is 11.8 Å². The molecular formula is C12H20O. The molecular weight excluding hydrogens is 160 g/mol. The van der Waals surface area contributed by atoms with E-state index in [2.05, 4.69) is 19.9 Å². The lowest BCUT2D eigenvalue weighted by Gasteiger charge is -2.45. The Morgan fingerprint density at radius 3 is 3.00 bits per heavy atom. The van der Waals surface area contributed by atoms with Crippen molar-refractivity contribution in [3.05, 3.63) is 11.6 Å². The van der Waals surface area contributed by atoms with Crippen LogP contribution in [0.25, 0.3) is 0 Å². The van der Waals surface area contributed by atoms with Crippen LogP contribution in [0.15, 0.2) is 11.6 Å². The van der Waals surface area contributed by atoms with Gasteiger partial charge in [-0.2, -0.15) is 0 Å². The SMILES string of the molecule is CC1=CC(C)[C@H]2CCCC[C@@]2(O)C1. The smallest absolute Gasteiger partial charge is 0.0718 e. The van der Waals surface area contributed by atoms with Crippen molar-refractivity contribution in [3.8, 4) is 0 Å². The standard InChI is InChI=1S/C12H20O/c1-9-7-10(2)11-5-3-4-6-12(11,13)8-9/h7,10-11,13H,3-6,8H2,1-2H3/t10?,11-,12-/m1/s1. The van der Waals surface area contributed by atoms with Crippen LogP contribution in [-0.4, -0.2) is 10.7 Å². The van der Waals surface area contributed by atoms with Gasteiger partial charge in [0, 0.05) is 0 Å². The van der Waals surface area contributed by atoms with Crippen LogP contribution >= 0.6 is 0 Å². The Balaban J connectivity index is 2.25. The summed E-state index contributed by atoms with van der Waals surface area (Å²) in [4.78, 5) is 0. The van der Waals surface area contributed by atoms with Crippen LogP contribution < -0.4 is 0 Å². The van der Waals surface area contributed by atoms with Crippen molar-refractivity contribution in [3.63, 3.8) is 0 Å². The van der Waals surface area contributed by atoms with E-state index in [1.54, 1.807) is 0 Å². The molecule has 2 aliphatic rings. The van der Waals surface area contributed by atoms with Crippen LogP contribution in [0.3, 0.4) is 0 Å². The lowest BCUT2D eigenvalue weighted by Crippen LogP contribution is -2.45. The summed E-state index contributed by atoms with van der Waals surface area (Å²) in [5.41, 5.74) is 1.03. The van der Waals surface area contributed by atoms with Crippen molar-refractivity contribution < 1.29 is 5.11 Å². The monoisotopic (exact) mass is 180 g/mol. The number of hydrogen-bond acceptors (Lipinski definition) is 1. The highest BCUT2D eigenvalue weighted by atomic mass is 16.3. The number of hydrogen-bond donors (Lipinski definition) is 1. The molecule has 1 fully saturated rings. The topological polar surface area (TPSA) is 20.2 Å². The zero-order valence-electron chi connectivity index (χ0n) is 8.71. The summed E-state index contributed by atoms with van der Waals surface area (Å²) in [6.07, 6.45) is 8.04. The predicted octanol–water partition coefficient (Wildman–Crippen LogP) is 2.89. The van der Waals surface area contributed by atoms with E-state index in [4.69, 9.17) is 0 Å². The lowest BCUT2D eigenvalue weighted by atomic mass is 9.64. The zero-order valence-corrected chi connectivity index (χ0v) is 8.71. The minimum Gasteiger partial charge on any atom is -0.389 e. The van der Waals surface area contributed by atoms with Crippen LogP contribution in [-0.2, 0) is 0 Å². The van der Waals surface area contributed by atoms with E-state index in [0.29, 0.717) is 11.8 Å². The minimum atomic E-state index is -0.351. The first-order valence-electron chi connectivity index (χ1n) is 5.51. The van der Waals surface area contributed by atoms with Gasteiger partial charge in [-0.15, -0.1) is 0 Å². The van der Waals surface area contributed by atoms with Crippen molar-refractivity contribution in [2.24, 2.45) is 11.8 Å². The first kappa shape index (κ1) is 9.26. The first-order chi connectivity index (χ1) is 6.12. The van der Waals surface area contributed by atoms with Crippen molar-refractivity contribution in [2.45, 2.75) is 51.6 Å². The molecule has 3 atom stereocenters. The molecule has 2 rings (SSSR count). The molecule has 0 aliphatic heterocycles. The molecule has 2 aliphatic carbocycles. The average Bonchev–Trinajstić information content (AvgIpc) is 2.01. The number of fused-ring (bicyclic) bond motifs is 1. The second kappa shape index (κ2) is 3.13. The van der Waals surface area contributed by atoms with Gasteiger partial charge in [0.25, 0.3) is 0 Å². The van der Waals surface area contributed by atoms with E-state index in [0.717, 1.165) is 12.8 Å². The van der Waals surface area contributed by atoms with E-state index in [1.165, 1.54) is 24.8 Å². The average molecular weight is 180 g/mol. The largest absolute Gasteiger partial charge is 0.389 e. The normalized spacial score (nSPS) is 45.3. The molecule has 0 aromatic heterocycles. The number of aliphatic hydroxyl groups is 1. The predicted molar refractivity (Wildman–Crippen MR) is 54.4 cm³/mol. The van der Waals surface area contributed by atoms with Gasteiger partial charge in [0.05, 0.1) is 5.60 Å². The molecule has 0 aromatic rings. The molecule has 0 radical (unpaired) electrons. The van der Waals surface area contributed by atoms with E-state index < -0.39 is 0 Å². The first-order valence-corrected chi connectivity index (χ1v) is 5.51. The van der Waals surface area contributed by atoms with Crippen LogP contribution in [0.4, 0.5) is 0 Å². The molecule has 1 nitrogen and oxygen atoms in total. The number of rotatable bonds is 0. The fourth-order valence-electron chi connectivity index (χ4n) is 3.33.